The van der Waals surface area contributed by atoms with Gasteiger partial charge in [0.05, 0.1) is 11.9 Å². The smallest absolute Gasteiger partial charge is 0.359 e. The number of nitrogens with zero attached hydrogens (tertiary/aromatic N) is 2. The Labute approximate surface area is 128 Å². The number of aliphatic carboxylic acids is 1. The minimum absolute atomic E-state index is 0.0396. The van der Waals surface area contributed by atoms with Crippen LogP contribution in [0.15, 0.2) is 51.5 Å². The average Bonchev–Trinajstić information content (AvgIpc) is 2.88. The van der Waals surface area contributed by atoms with Crippen LogP contribution in [-0.2, 0) is 4.79 Å². The van der Waals surface area contributed by atoms with Crippen LogP contribution in [0, 0.1) is 5.82 Å². The zero-order valence-corrected chi connectivity index (χ0v) is 12.3. The number of benzene rings is 1. The van der Waals surface area contributed by atoms with Crippen LogP contribution in [0.5, 0.6) is 0 Å². The Morgan fingerprint density at radius 1 is 1.52 bits per heavy atom. The first-order valence-electron chi connectivity index (χ1n) is 6.08. The molecule has 0 amide bonds. The number of fused-ring (bicyclic) bond motifs is 1. The number of aliphatic imine (C=N–C) groups is 1. The summed E-state index contributed by atoms with van der Waals surface area (Å²) in [5, 5.41) is 10.7. The van der Waals surface area contributed by atoms with Gasteiger partial charge >= 0.3 is 5.97 Å². The number of carboxylic acids is 1. The van der Waals surface area contributed by atoms with Crippen LogP contribution in [0.1, 0.15) is 0 Å². The molecule has 1 atom stereocenters. The third-order valence-electron chi connectivity index (χ3n) is 3.13. The lowest BCUT2D eigenvalue weighted by molar-refractivity contribution is -0.694. The summed E-state index contributed by atoms with van der Waals surface area (Å²) in [5.41, 5.74) is 3.92. The summed E-state index contributed by atoms with van der Waals surface area (Å²) >= 11 is 3.18. The number of carbonyl (C=O) groups is 1. The third-order valence-corrected chi connectivity index (χ3v) is 3.63. The van der Waals surface area contributed by atoms with E-state index < -0.39 is 11.8 Å². The highest BCUT2D eigenvalue weighted by Gasteiger charge is 2.32. The number of anilines is 1. The fourth-order valence-electron chi connectivity index (χ4n) is 2.11. The fraction of sp³-hybridized carbons (Fsp3) is 0.0769. The molecule has 0 spiro atoms. The van der Waals surface area contributed by atoms with E-state index in [0.717, 1.165) is 10.6 Å². The summed E-state index contributed by atoms with van der Waals surface area (Å²) < 4.78 is 14.5. The molecular formula is C13H11BrFN4O2+. The van der Waals surface area contributed by atoms with Gasteiger partial charge in [-0.3, -0.25) is 10.4 Å². The van der Waals surface area contributed by atoms with Gasteiger partial charge in [-0.1, -0.05) is 15.9 Å². The molecule has 2 aliphatic heterocycles. The van der Waals surface area contributed by atoms with Crippen molar-refractivity contribution in [2.45, 2.75) is 0 Å². The normalized spacial score (nSPS) is 19.9. The van der Waals surface area contributed by atoms with Crippen molar-refractivity contribution in [3.8, 4) is 0 Å². The Kier molecular flexibility index (Phi) is 3.48. The predicted octanol–water partition coefficient (Wildman–Crippen LogP) is 0.925. The molecule has 3 rings (SSSR count). The third kappa shape index (κ3) is 2.67. The lowest BCUT2D eigenvalue weighted by Crippen LogP contribution is -3.05. The second-order valence-electron chi connectivity index (χ2n) is 4.54. The molecule has 21 heavy (non-hydrogen) atoms. The zero-order chi connectivity index (χ0) is 15.0. The predicted molar refractivity (Wildman–Crippen MR) is 77.7 cm³/mol. The molecule has 1 aromatic carbocycles. The number of hydrogen-bond donors (Lipinski definition) is 3. The molecule has 3 N–H and O–H groups in total. The van der Waals surface area contributed by atoms with Gasteiger partial charge in [0, 0.05) is 4.47 Å². The van der Waals surface area contributed by atoms with Gasteiger partial charge in [0.1, 0.15) is 18.6 Å². The highest BCUT2D eigenvalue weighted by molar-refractivity contribution is 9.10. The quantitative estimate of drug-likeness (QED) is 0.755. The van der Waals surface area contributed by atoms with E-state index in [4.69, 9.17) is 0 Å². The van der Waals surface area contributed by atoms with Gasteiger partial charge in [-0.15, -0.1) is 0 Å². The van der Waals surface area contributed by atoms with Gasteiger partial charge < -0.3 is 5.11 Å². The van der Waals surface area contributed by atoms with Crippen molar-refractivity contribution in [1.82, 2.24) is 5.01 Å². The monoisotopic (exact) mass is 353 g/mol. The zero-order valence-electron chi connectivity index (χ0n) is 10.7. The van der Waals surface area contributed by atoms with E-state index >= 15 is 0 Å². The molecule has 8 heteroatoms. The molecule has 0 fully saturated rings. The molecule has 6 nitrogen and oxygen atoms in total. The maximum atomic E-state index is 13.9. The Balaban J connectivity index is 1.90. The van der Waals surface area contributed by atoms with Crippen molar-refractivity contribution in [2.75, 3.05) is 12.0 Å². The topological polar surface area (TPSA) is 69.4 Å². The van der Waals surface area contributed by atoms with Gasteiger partial charge in [-0.25, -0.2) is 19.1 Å². The van der Waals surface area contributed by atoms with Crippen LogP contribution < -0.4 is 10.3 Å². The van der Waals surface area contributed by atoms with E-state index in [2.05, 4.69) is 26.3 Å². The van der Waals surface area contributed by atoms with Crippen LogP contribution in [0.25, 0.3) is 0 Å². The number of nitrogens with one attached hydrogen (secondary N) is 2. The summed E-state index contributed by atoms with van der Waals surface area (Å²) in [4.78, 5) is 16.1. The molecule has 1 aromatic rings. The molecule has 0 aliphatic carbocycles. The maximum absolute atomic E-state index is 13.9. The van der Waals surface area contributed by atoms with E-state index in [1.807, 2.05) is 0 Å². The lowest BCUT2D eigenvalue weighted by atomic mass is 10.3. The van der Waals surface area contributed by atoms with E-state index in [1.165, 1.54) is 23.3 Å². The van der Waals surface area contributed by atoms with E-state index in [9.17, 15) is 14.3 Å². The number of hydrogen-bond acceptors (Lipinski definition) is 4. The van der Waals surface area contributed by atoms with Gasteiger partial charge in [-0.2, -0.15) is 0 Å². The Hall–Kier alpha value is -2.19. The van der Waals surface area contributed by atoms with Crippen molar-refractivity contribution in [3.63, 3.8) is 0 Å². The SMILES string of the molecule is O=C(O)C1=C[NH+]2C=NC=C2CN1Nc1ccc(Br)cc1F. The van der Waals surface area contributed by atoms with Crippen LogP contribution in [-0.4, -0.2) is 29.0 Å². The minimum atomic E-state index is -1.09. The molecule has 0 saturated heterocycles. The number of hydrazine groups is 1. The Morgan fingerprint density at radius 3 is 3.05 bits per heavy atom. The average molecular weight is 354 g/mol. The Morgan fingerprint density at radius 2 is 2.33 bits per heavy atom. The molecule has 108 valence electrons. The number of quaternary nitrogens is 1. The molecule has 1 unspecified atom stereocenters. The van der Waals surface area contributed by atoms with Crippen LogP contribution in [0.3, 0.4) is 0 Å². The van der Waals surface area contributed by atoms with E-state index in [0.29, 0.717) is 11.0 Å². The highest BCUT2D eigenvalue weighted by Crippen LogP contribution is 2.22. The highest BCUT2D eigenvalue weighted by atomic mass is 79.9. The van der Waals surface area contributed by atoms with Crippen LogP contribution in [0.4, 0.5) is 10.1 Å². The first-order valence-corrected chi connectivity index (χ1v) is 6.87. The second kappa shape index (κ2) is 5.30. The Bertz CT molecular complexity index is 701. The van der Waals surface area contributed by atoms with Gasteiger partial charge in [0.15, 0.2) is 17.7 Å². The summed E-state index contributed by atoms with van der Waals surface area (Å²) in [5.74, 6) is -1.56. The van der Waals surface area contributed by atoms with E-state index in [-0.39, 0.29) is 11.4 Å². The van der Waals surface area contributed by atoms with Crippen molar-refractivity contribution >= 4 is 33.9 Å². The largest absolute Gasteiger partial charge is 0.476 e. The van der Waals surface area contributed by atoms with Crippen molar-refractivity contribution < 1.29 is 19.2 Å². The van der Waals surface area contributed by atoms with Gasteiger partial charge in [0.2, 0.25) is 0 Å². The van der Waals surface area contributed by atoms with Crippen molar-refractivity contribution in [3.05, 3.63) is 52.3 Å². The number of halogens is 2. The summed E-state index contributed by atoms with van der Waals surface area (Å²) in [7, 11) is 0. The van der Waals surface area contributed by atoms with Crippen molar-refractivity contribution in [1.29, 1.82) is 0 Å². The summed E-state index contributed by atoms with van der Waals surface area (Å²) in [6, 6.07) is 4.53. The van der Waals surface area contributed by atoms with Crippen LogP contribution >= 0.6 is 15.9 Å². The van der Waals surface area contributed by atoms with E-state index in [1.54, 1.807) is 18.6 Å². The summed E-state index contributed by atoms with van der Waals surface area (Å²) in [6.07, 6.45) is 4.78. The molecule has 2 aliphatic rings. The number of carboxylic acid groups (broad SMARTS) is 1. The molecule has 0 bridgehead atoms. The maximum Gasteiger partial charge on any atom is 0.359 e. The molecule has 0 saturated carbocycles. The molecule has 0 radical (unpaired) electrons. The minimum Gasteiger partial charge on any atom is -0.476 e. The van der Waals surface area contributed by atoms with Gasteiger partial charge in [0.25, 0.3) is 0 Å². The first kappa shape index (κ1) is 13.8. The van der Waals surface area contributed by atoms with Gasteiger partial charge in [-0.05, 0) is 18.2 Å². The first-order chi connectivity index (χ1) is 10.0. The molecule has 2 heterocycles. The fourth-order valence-corrected chi connectivity index (χ4v) is 2.44. The second-order valence-corrected chi connectivity index (χ2v) is 5.46. The van der Waals surface area contributed by atoms with Crippen molar-refractivity contribution in [2.24, 2.45) is 4.99 Å². The number of rotatable bonds is 3. The molecular weight excluding hydrogens is 343 g/mol. The molecule has 0 aromatic heterocycles. The summed E-state index contributed by atoms with van der Waals surface area (Å²) in [6.45, 7) is 0.295. The standard InChI is InChI=1S/C13H10BrFN4O2/c14-8-1-2-11(10(15)3-8)17-19-5-9-4-16-7-18(9)6-12(19)13(20)21/h1-4,6-7,17H,5H2,(H,20,21)/p+1. The lowest BCUT2D eigenvalue weighted by Gasteiger charge is -2.30. The van der Waals surface area contributed by atoms with Crippen LogP contribution in [0.2, 0.25) is 0 Å².